The van der Waals surface area contributed by atoms with Crippen LogP contribution in [0.4, 0.5) is 0 Å². The van der Waals surface area contributed by atoms with Crippen LogP contribution in [-0.2, 0) is 16.8 Å². The standard InChI is InChI=1S/C12H17ClN2O/c1-3-9-8-10(13)15-11(14-9)12(16-2)6-4-5-7-12/h8H,3-7H2,1-2H3. The molecule has 1 saturated carbocycles. The first-order chi connectivity index (χ1) is 7.70. The lowest BCUT2D eigenvalue weighted by molar-refractivity contribution is -0.0164. The first-order valence-corrected chi connectivity index (χ1v) is 6.17. The molecule has 1 aromatic heterocycles. The molecule has 0 aliphatic heterocycles. The summed E-state index contributed by atoms with van der Waals surface area (Å²) in [6.45, 7) is 2.07. The zero-order chi connectivity index (χ0) is 11.6. The van der Waals surface area contributed by atoms with Crippen molar-refractivity contribution in [2.24, 2.45) is 0 Å². The van der Waals surface area contributed by atoms with Crippen LogP contribution in [0.15, 0.2) is 6.07 Å². The summed E-state index contributed by atoms with van der Waals surface area (Å²) in [6.07, 6.45) is 5.20. The van der Waals surface area contributed by atoms with Gasteiger partial charge in [0.1, 0.15) is 10.8 Å². The highest BCUT2D eigenvalue weighted by Crippen LogP contribution is 2.40. The number of halogens is 1. The number of ether oxygens (including phenoxy) is 1. The number of methoxy groups -OCH3 is 1. The Bertz CT molecular complexity index is 375. The highest BCUT2D eigenvalue weighted by Gasteiger charge is 2.38. The van der Waals surface area contributed by atoms with Gasteiger partial charge in [-0.1, -0.05) is 18.5 Å². The number of rotatable bonds is 3. The van der Waals surface area contributed by atoms with E-state index >= 15 is 0 Å². The van der Waals surface area contributed by atoms with Gasteiger partial charge in [0.25, 0.3) is 0 Å². The molecule has 88 valence electrons. The van der Waals surface area contributed by atoms with Crippen molar-refractivity contribution < 1.29 is 4.74 Å². The molecule has 1 aromatic rings. The largest absolute Gasteiger partial charge is 0.370 e. The first-order valence-electron chi connectivity index (χ1n) is 5.79. The van der Waals surface area contributed by atoms with E-state index in [1.165, 1.54) is 12.8 Å². The topological polar surface area (TPSA) is 35.0 Å². The highest BCUT2D eigenvalue weighted by molar-refractivity contribution is 6.29. The molecule has 0 saturated heterocycles. The summed E-state index contributed by atoms with van der Waals surface area (Å²) in [4.78, 5) is 8.89. The molecule has 0 bridgehead atoms. The number of hydrogen-bond acceptors (Lipinski definition) is 3. The second kappa shape index (κ2) is 4.68. The maximum Gasteiger partial charge on any atom is 0.162 e. The summed E-state index contributed by atoms with van der Waals surface area (Å²) in [5.74, 6) is 0.761. The van der Waals surface area contributed by atoms with Gasteiger partial charge in [-0.05, 0) is 38.2 Å². The summed E-state index contributed by atoms with van der Waals surface area (Å²) in [5, 5.41) is 0.519. The van der Waals surface area contributed by atoms with E-state index in [-0.39, 0.29) is 5.60 Å². The minimum atomic E-state index is -0.297. The second-order valence-corrected chi connectivity index (χ2v) is 4.65. The van der Waals surface area contributed by atoms with Crippen molar-refractivity contribution in [3.63, 3.8) is 0 Å². The molecule has 1 fully saturated rings. The summed E-state index contributed by atoms with van der Waals surface area (Å²) < 4.78 is 5.66. The van der Waals surface area contributed by atoms with Crippen molar-refractivity contribution in [3.05, 3.63) is 22.7 Å². The Morgan fingerprint density at radius 1 is 1.38 bits per heavy atom. The second-order valence-electron chi connectivity index (χ2n) is 4.26. The van der Waals surface area contributed by atoms with Gasteiger partial charge in [-0.3, -0.25) is 0 Å². The molecule has 4 heteroatoms. The zero-order valence-corrected chi connectivity index (χ0v) is 10.5. The summed E-state index contributed by atoms with van der Waals surface area (Å²) in [6, 6.07) is 1.82. The lowest BCUT2D eigenvalue weighted by Crippen LogP contribution is -2.27. The summed E-state index contributed by atoms with van der Waals surface area (Å²) >= 11 is 6.02. The SMILES string of the molecule is CCc1cc(Cl)nc(C2(OC)CCCC2)n1. The van der Waals surface area contributed by atoms with Crippen LogP contribution in [0.1, 0.15) is 44.1 Å². The van der Waals surface area contributed by atoms with Gasteiger partial charge in [0, 0.05) is 12.8 Å². The van der Waals surface area contributed by atoms with Crippen LogP contribution in [0, 0.1) is 0 Å². The van der Waals surface area contributed by atoms with E-state index in [1.807, 2.05) is 6.07 Å². The van der Waals surface area contributed by atoms with Crippen molar-refractivity contribution in [2.45, 2.75) is 44.6 Å². The van der Waals surface area contributed by atoms with Crippen molar-refractivity contribution in [3.8, 4) is 0 Å². The van der Waals surface area contributed by atoms with Crippen LogP contribution < -0.4 is 0 Å². The average molecular weight is 241 g/mol. The summed E-state index contributed by atoms with van der Waals surface area (Å²) in [5.41, 5.74) is 0.688. The molecule has 0 amide bonds. The van der Waals surface area contributed by atoms with Gasteiger partial charge >= 0.3 is 0 Å². The van der Waals surface area contributed by atoms with E-state index in [4.69, 9.17) is 16.3 Å². The Morgan fingerprint density at radius 2 is 2.06 bits per heavy atom. The maximum atomic E-state index is 6.02. The third-order valence-electron chi connectivity index (χ3n) is 3.32. The number of aromatic nitrogens is 2. The minimum absolute atomic E-state index is 0.297. The molecule has 0 spiro atoms. The van der Waals surface area contributed by atoms with Crippen LogP contribution >= 0.6 is 11.6 Å². The number of aryl methyl sites for hydroxylation is 1. The Morgan fingerprint density at radius 3 is 2.62 bits per heavy atom. The van der Waals surface area contributed by atoms with E-state index in [9.17, 15) is 0 Å². The molecule has 0 radical (unpaired) electrons. The molecule has 0 N–H and O–H groups in total. The molecular formula is C12H17ClN2O. The average Bonchev–Trinajstić information content (AvgIpc) is 2.78. The van der Waals surface area contributed by atoms with Gasteiger partial charge in [0.15, 0.2) is 5.82 Å². The smallest absolute Gasteiger partial charge is 0.162 e. The van der Waals surface area contributed by atoms with Gasteiger partial charge < -0.3 is 4.74 Å². The van der Waals surface area contributed by atoms with Gasteiger partial charge in [-0.2, -0.15) is 0 Å². The molecule has 16 heavy (non-hydrogen) atoms. The van der Waals surface area contributed by atoms with Crippen molar-refractivity contribution >= 4 is 11.6 Å². The normalized spacial score (nSPS) is 18.9. The minimum Gasteiger partial charge on any atom is -0.370 e. The summed E-state index contributed by atoms with van der Waals surface area (Å²) in [7, 11) is 1.74. The van der Waals surface area contributed by atoms with E-state index in [0.717, 1.165) is 30.8 Å². The Hall–Kier alpha value is -0.670. The fourth-order valence-corrected chi connectivity index (χ4v) is 2.52. The Balaban J connectivity index is 2.41. The van der Waals surface area contributed by atoms with Gasteiger partial charge in [-0.15, -0.1) is 0 Å². The third-order valence-corrected chi connectivity index (χ3v) is 3.51. The van der Waals surface area contributed by atoms with Crippen LogP contribution in [0.2, 0.25) is 5.15 Å². The molecule has 1 heterocycles. The predicted octanol–water partition coefficient (Wildman–Crippen LogP) is 3.11. The molecule has 0 unspecified atom stereocenters. The molecule has 1 aliphatic carbocycles. The van der Waals surface area contributed by atoms with E-state index in [0.29, 0.717) is 5.15 Å². The van der Waals surface area contributed by atoms with Crippen molar-refractivity contribution in [1.82, 2.24) is 9.97 Å². The predicted molar refractivity (Wildman–Crippen MR) is 63.6 cm³/mol. The van der Waals surface area contributed by atoms with Crippen LogP contribution in [0.3, 0.4) is 0 Å². The molecule has 2 rings (SSSR count). The lowest BCUT2D eigenvalue weighted by atomic mass is 10.0. The Kier molecular flexibility index (Phi) is 3.45. The van der Waals surface area contributed by atoms with Crippen LogP contribution in [0.5, 0.6) is 0 Å². The molecule has 0 atom stereocenters. The van der Waals surface area contributed by atoms with Crippen LogP contribution in [0.25, 0.3) is 0 Å². The van der Waals surface area contributed by atoms with Crippen LogP contribution in [-0.4, -0.2) is 17.1 Å². The molecule has 0 aromatic carbocycles. The number of hydrogen-bond donors (Lipinski definition) is 0. The van der Waals surface area contributed by atoms with Gasteiger partial charge in [0.2, 0.25) is 0 Å². The first kappa shape index (κ1) is 11.8. The molecule has 3 nitrogen and oxygen atoms in total. The van der Waals surface area contributed by atoms with E-state index in [1.54, 1.807) is 7.11 Å². The van der Waals surface area contributed by atoms with E-state index < -0.39 is 0 Å². The highest BCUT2D eigenvalue weighted by atomic mass is 35.5. The third kappa shape index (κ3) is 2.06. The van der Waals surface area contributed by atoms with Gasteiger partial charge in [0.05, 0.1) is 0 Å². The monoisotopic (exact) mass is 240 g/mol. The molecular weight excluding hydrogens is 224 g/mol. The fourth-order valence-electron chi connectivity index (χ4n) is 2.31. The Labute approximate surface area is 101 Å². The quantitative estimate of drug-likeness (QED) is 0.762. The van der Waals surface area contributed by atoms with Crippen molar-refractivity contribution in [2.75, 3.05) is 7.11 Å². The zero-order valence-electron chi connectivity index (χ0n) is 9.79. The van der Waals surface area contributed by atoms with Gasteiger partial charge in [-0.25, -0.2) is 9.97 Å². The maximum absolute atomic E-state index is 6.02. The number of nitrogens with zero attached hydrogens (tertiary/aromatic N) is 2. The lowest BCUT2D eigenvalue weighted by Gasteiger charge is -2.25. The fraction of sp³-hybridized carbons (Fsp3) is 0.667. The molecule has 1 aliphatic rings. The van der Waals surface area contributed by atoms with E-state index in [2.05, 4.69) is 16.9 Å². The van der Waals surface area contributed by atoms with Crippen molar-refractivity contribution in [1.29, 1.82) is 0 Å².